The molecule has 0 saturated carbocycles. The third kappa shape index (κ3) is 4.55. The Morgan fingerprint density at radius 3 is 1.71 bits per heavy atom. The van der Waals surface area contributed by atoms with Gasteiger partial charge in [-0.1, -0.05) is 121 Å². The number of thiophene rings is 1. The zero-order valence-corrected chi connectivity index (χ0v) is 30.2. The van der Waals surface area contributed by atoms with Gasteiger partial charge in [0.2, 0.25) is 0 Å². The van der Waals surface area contributed by atoms with Gasteiger partial charge in [-0.3, -0.25) is 0 Å². The second-order valence-electron chi connectivity index (χ2n) is 13.9. The first-order valence-electron chi connectivity index (χ1n) is 18.2. The molecule has 3 aromatic heterocycles. The van der Waals surface area contributed by atoms with Crippen molar-refractivity contribution in [3.05, 3.63) is 181 Å². The minimum absolute atomic E-state index is 0.520. The molecule has 55 heavy (non-hydrogen) atoms. The molecule has 0 saturated heterocycles. The molecule has 8 aromatic carbocycles. The lowest BCUT2D eigenvalue weighted by atomic mass is 9.92. The molecule has 0 fully saturated rings. The Bertz CT molecular complexity index is 3420. The summed E-state index contributed by atoms with van der Waals surface area (Å²) in [5, 5.41) is 27.7. The van der Waals surface area contributed by atoms with Crippen LogP contribution in [0.4, 0.5) is 0 Å². The summed E-state index contributed by atoms with van der Waals surface area (Å²) in [4.78, 5) is 0. The number of nitriles is 2. The van der Waals surface area contributed by atoms with Crippen LogP contribution in [0.5, 0.6) is 0 Å². The van der Waals surface area contributed by atoms with E-state index in [2.05, 4.69) is 155 Å². The summed E-state index contributed by atoms with van der Waals surface area (Å²) >= 11 is 1.85. The summed E-state index contributed by atoms with van der Waals surface area (Å²) in [5.74, 6) is 0. The highest BCUT2D eigenvalue weighted by molar-refractivity contribution is 7.26. The first kappa shape index (κ1) is 31.1. The molecule has 0 atom stereocenters. The van der Waals surface area contributed by atoms with E-state index in [0.29, 0.717) is 11.1 Å². The van der Waals surface area contributed by atoms with E-state index in [-0.39, 0.29) is 0 Å². The zero-order valence-electron chi connectivity index (χ0n) is 29.4. The number of aromatic nitrogens is 2. The summed E-state index contributed by atoms with van der Waals surface area (Å²) in [6, 6.07) is 64.1. The van der Waals surface area contributed by atoms with Gasteiger partial charge in [-0.25, -0.2) is 0 Å². The summed E-state index contributed by atoms with van der Waals surface area (Å²) in [6.45, 7) is 0. The fourth-order valence-corrected chi connectivity index (χ4v) is 9.86. The fourth-order valence-electron chi connectivity index (χ4n) is 8.62. The normalized spacial score (nSPS) is 11.6. The van der Waals surface area contributed by atoms with Gasteiger partial charge in [0.05, 0.1) is 55.7 Å². The largest absolute Gasteiger partial charge is 0.309 e. The topological polar surface area (TPSA) is 57.4 Å². The lowest BCUT2D eigenvalue weighted by Gasteiger charge is -2.18. The number of fused-ring (bicyclic) bond motifs is 10. The van der Waals surface area contributed by atoms with Gasteiger partial charge in [-0.15, -0.1) is 11.3 Å². The monoisotopic (exact) mass is 716 g/mol. The molecule has 0 radical (unpaired) electrons. The Hall–Kier alpha value is -7.44. The highest BCUT2D eigenvalue weighted by Gasteiger charge is 2.22. The van der Waals surface area contributed by atoms with Crippen LogP contribution in [0.25, 0.3) is 97.4 Å². The summed E-state index contributed by atoms with van der Waals surface area (Å²) in [7, 11) is 0. The zero-order chi connectivity index (χ0) is 36.6. The van der Waals surface area contributed by atoms with Gasteiger partial charge in [0.1, 0.15) is 0 Å². The third-order valence-electron chi connectivity index (χ3n) is 11.0. The van der Waals surface area contributed by atoms with Gasteiger partial charge >= 0.3 is 0 Å². The maximum Gasteiger partial charge on any atom is 0.0998 e. The van der Waals surface area contributed by atoms with E-state index >= 15 is 0 Å². The van der Waals surface area contributed by atoms with Gasteiger partial charge in [-0.05, 0) is 54.1 Å². The van der Waals surface area contributed by atoms with E-state index in [1.165, 1.54) is 47.2 Å². The highest BCUT2D eigenvalue weighted by Crippen LogP contribution is 2.44. The molecule has 254 valence electrons. The van der Waals surface area contributed by atoms with Crippen LogP contribution in [0.3, 0.4) is 0 Å². The van der Waals surface area contributed by atoms with Crippen LogP contribution in [-0.2, 0) is 0 Å². The average molecular weight is 717 g/mol. The van der Waals surface area contributed by atoms with Crippen molar-refractivity contribution in [2.45, 2.75) is 0 Å². The SMILES string of the molecule is N#Cc1ccccc1-c1ccc(-c2ccc(-n3c4ccccc4c4ccc5c6ccccc6sc5c43)cc2-n2c3ccccc3c3ccccc32)cc1C#N. The first-order chi connectivity index (χ1) is 27.2. The van der Waals surface area contributed by atoms with Crippen molar-refractivity contribution in [3.8, 4) is 45.8 Å². The van der Waals surface area contributed by atoms with Crippen molar-refractivity contribution in [3.63, 3.8) is 0 Å². The molecular weight excluding hydrogens is 689 g/mol. The van der Waals surface area contributed by atoms with E-state index in [1.807, 2.05) is 41.7 Å². The van der Waals surface area contributed by atoms with Crippen molar-refractivity contribution < 1.29 is 0 Å². The van der Waals surface area contributed by atoms with Gasteiger partial charge in [0.15, 0.2) is 0 Å². The Kier molecular flexibility index (Phi) is 6.82. The van der Waals surface area contributed by atoms with E-state index in [9.17, 15) is 10.5 Å². The maximum absolute atomic E-state index is 10.5. The summed E-state index contributed by atoms with van der Waals surface area (Å²) < 4.78 is 7.35. The predicted molar refractivity (Wildman–Crippen MR) is 228 cm³/mol. The summed E-state index contributed by atoms with van der Waals surface area (Å²) in [5.41, 5.74) is 11.1. The summed E-state index contributed by atoms with van der Waals surface area (Å²) in [6.07, 6.45) is 0. The van der Waals surface area contributed by atoms with E-state index < -0.39 is 0 Å². The molecule has 0 aliphatic heterocycles. The van der Waals surface area contributed by atoms with Gasteiger partial charge in [0, 0.05) is 59.4 Å². The molecule has 0 bridgehead atoms. The molecule has 0 spiro atoms. The second kappa shape index (κ2) is 12.0. The van der Waals surface area contributed by atoms with Crippen molar-refractivity contribution >= 4 is 75.1 Å². The van der Waals surface area contributed by atoms with E-state index in [1.54, 1.807) is 6.07 Å². The smallest absolute Gasteiger partial charge is 0.0998 e. The fraction of sp³-hybridized carbons (Fsp3) is 0. The van der Waals surface area contributed by atoms with Crippen molar-refractivity contribution in [1.29, 1.82) is 10.5 Å². The van der Waals surface area contributed by atoms with Crippen molar-refractivity contribution in [2.24, 2.45) is 0 Å². The molecule has 0 amide bonds. The molecule has 11 rings (SSSR count). The maximum atomic E-state index is 10.5. The third-order valence-corrected chi connectivity index (χ3v) is 12.2. The average Bonchev–Trinajstić information content (AvgIpc) is 3.91. The first-order valence-corrected chi connectivity index (χ1v) is 19.0. The standard InChI is InChI=1S/C50H28N4S/c51-29-32-11-1-2-12-35(32)36-23-21-31(27-33(36)30-52)37-24-22-34(28-47(37)54-45-18-8-3-13-38(45)39-14-4-9-19-46(39)54)53-44-17-7-5-15-40(44)42-25-26-43-41-16-6-10-20-48(41)55-50(43)49(42)53/h1-28H. The van der Waals surface area contributed by atoms with Crippen LogP contribution in [0.2, 0.25) is 0 Å². The Morgan fingerprint density at radius 1 is 0.418 bits per heavy atom. The van der Waals surface area contributed by atoms with Crippen LogP contribution in [-0.4, -0.2) is 9.13 Å². The number of benzene rings is 8. The van der Waals surface area contributed by atoms with Crippen LogP contribution >= 0.6 is 11.3 Å². The molecule has 0 aliphatic rings. The van der Waals surface area contributed by atoms with Crippen LogP contribution in [0.15, 0.2) is 170 Å². The molecule has 5 heteroatoms. The van der Waals surface area contributed by atoms with Crippen molar-refractivity contribution in [1.82, 2.24) is 9.13 Å². The minimum Gasteiger partial charge on any atom is -0.309 e. The Morgan fingerprint density at radius 2 is 0.982 bits per heavy atom. The lowest BCUT2D eigenvalue weighted by Crippen LogP contribution is -2.01. The predicted octanol–water partition coefficient (Wildman–Crippen LogP) is 13.3. The van der Waals surface area contributed by atoms with Crippen LogP contribution in [0, 0.1) is 22.7 Å². The van der Waals surface area contributed by atoms with Crippen LogP contribution in [0.1, 0.15) is 11.1 Å². The molecule has 3 heterocycles. The quantitative estimate of drug-likeness (QED) is 0.182. The number of hydrogen-bond acceptors (Lipinski definition) is 3. The minimum atomic E-state index is 0.520. The Labute approximate surface area is 320 Å². The second-order valence-corrected chi connectivity index (χ2v) is 14.9. The van der Waals surface area contributed by atoms with E-state index in [0.717, 1.165) is 50.2 Å². The molecule has 11 aromatic rings. The molecule has 0 unspecified atom stereocenters. The van der Waals surface area contributed by atoms with Crippen LogP contribution < -0.4 is 0 Å². The number of hydrogen-bond donors (Lipinski definition) is 0. The number of para-hydroxylation sites is 3. The van der Waals surface area contributed by atoms with Crippen molar-refractivity contribution in [2.75, 3.05) is 0 Å². The van der Waals surface area contributed by atoms with Gasteiger partial charge in [-0.2, -0.15) is 10.5 Å². The number of nitrogens with zero attached hydrogens (tertiary/aromatic N) is 4. The van der Waals surface area contributed by atoms with E-state index in [4.69, 9.17) is 0 Å². The highest BCUT2D eigenvalue weighted by atomic mass is 32.1. The molecular formula is C50H28N4S. The van der Waals surface area contributed by atoms with Gasteiger partial charge in [0.25, 0.3) is 0 Å². The molecule has 4 nitrogen and oxygen atoms in total. The van der Waals surface area contributed by atoms with Gasteiger partial charge < -0.3 is 9.13 Å². The molecule has 0 aliphatic carbocycles. The molecule has 0 N–H and O–H groups in total. The lowest BCUT2D eigenvalue weighted by molar-refractivity contribution is 1.14. The number of rotatable bonds is 4. The Balaban J connectivity index is 1.24.